The minimum atomic E-state index is -0.387. The second-order valence-corrected chi connectivity index (χ2v) is 6.72. The number of benzene rings is 1. The minimum Gasteiger partial charge on any atom is -0.379 e. The molecule has 0 radical (unpaired) electrons. The highest BCUT2D eigenvalue weighted by Gasteiger charge is 2.47. The molecule has 0 bridgehead atoms. The maximum absolute atomic E-state index is 13.2. The molecule has 2 aliphatic carbocycles. The number of rotatable bonds is 2. The van der Waals surface area contributed by atoms with E-state index >= 15 is 0 Å². The van der Waals surface area contributed by atoms with E-state index in [-0.39, 0.29) is 5.82 Å². The van der Waals surface area contributed by atoms with Crippen LogP contribution in [0.1, 0.15) is 44.9 Å². The predicted molar refractivity (Wildman–Crippen MR) is 78.6 cm³/mol. The highest BCUT2D eigenvalue weighted by Crippen LogP contribution is 2.53. The van der Waals surface area contributed by atoms with Gasteiger partial charge in [-0.05, 0) is 43.2 Å². The van der Waals surface area contributed by atoms with Crippen LogP contribution in [0.2, 0.25) is 10.0 Å². The quantitative estimate of drug-likeness (QED) is 0.743. The van der Waals surface area contributed by atoms with Gasteiger partial charge in [0.15, 0.2) is 0 Å². The highest BCUT2D eigenvalue weighted by molar-refractivity contribution is 6.39. The third-order valence-electron chi connectivity index (χ3n) is 4.84. The molecular formula is C15H18Cl2FN. The van der Waals surface area contributed by atoms with E-state index in [1.165, 1.54) is 50.7 Å². The maximum atomic E-state index is 13.2. The van der Waals surface area contributed by atoms with E-state index in [9.17, 15) is 4.39 Å². The summed E-state index contributed by atoms with van der Waals surface area (Å²) < 4.78 is 13.2. The van der Waals surface area contributed by atoms with E-state index in [0.717, 1.165) is 6.42 Å². The Bertz CT molecular complexity index is 460. The molecule has 1 spiro atoms. The van der Waals surface area contributed by atoms with Crippen LogP contribution in [0, 0.1) is 11.2 Å². The summed E-state index contributed by atoms with van der Waals surface area (Å²) in [7, 11) is 0. The van der Waals surface area contributed by atoms with Gasteiger partial charge in [-0.1, -0.05) is 42.5 Å². The number of anilines is 1. The molecule has 104 valence electrons. The van der Waals surface area contributed by atoms with E-state index in [0.29, 0.717) is 27.2 Å². The van der Waals surface area contributed by atoms with Gasteiger partial charge in [0.2, 0.25) is 0 Å². The van der Waals surface area contributed by atoms with E-state index in [1.807, 2.05) is 0 Å². The van der Waals surface area contributed by atoms with Gasteiger partial charge >= 0.3 is 0 Å². The smallest absolute Gasteiger partial charge is 0.126 e. The van der Waals surface area contributed by atoms with Crippen molar-refractivity contribution in [1.82, 2.24) is 0 Å². The topological polar surface area (TPSA) is 12.0 Å². The van der Waals surface area contributed by atoms with Crippen molar-refractivity contribution in [1.29, 1.82) is 0 Å². The first-order valence-corrected chi connectivity index (χ1v) is 7.77. The fourth-order valence-electron chi connectivity index (χ4n) is 3.63. The molecule has 2 saturated carbocycles. The third-order valence-corrected chi connectivity index (χ3v) is 5.44. The fraction of sp³-hybridized carbons (Fsp3) is 0.600. The fourth-order valence-corrected chi connectivity index (χ4v) is 4.20. The van der Waals surface area contributed by atoms with Crippen molar-refractivity contribution in [2.75, 3.05) is 5.32 Å². The summed E-state index contributed by atoms with van der Waals surface area (Å²) in [6, 6.07) is 3.08. The summed E-state index contributed by atoms with van der Waals surface area (Å²) in [4.78, 5) is 0. The van der Waals surface area contributed by atoms with Crippen LogP contribution >= 0.6 is 23.2 Å². The first-order chi connectivity index (χ1) is 9.11. The van der Waals surface area contributed by atoms with Crippen molar-refractivity contribution >= 4 is 28.9 Å². The zero-order valence-electron chi connectivity index (χ0n) is 10.8. The Hall–Kier alpha value is -0.470. The zero-order chi connectivity index (χ0) is 13.5. The summed E-state index contributed by atoms with van der Waals surface area (Å²) in [5.41, 5.74) is 1.12. The van der Waals surface area contributed by atoms with E-state index < -0.39 is 0 Å². The summed E-state index contributed by atoms with van der Waals surface area (Å²) in [5.74, 6) is -0.387. The lowest BCUT2D eigenvalue weighted by atomic mass is 9.57. The van der Waals surface area contributed by atoms with Crippen LogP contribution < -0.4 is 5.32 Å². The van der Waals surface area contributed by atoms with Gasteiger partial charge in [-0.15, -0.1) is 0 Å². The molecule has 1 unspecified atom stereocenters. The number of halogens is 3. The zero-order valence-corrected chi connectivity index (χ0v) is 12.3. The number of hydrogen-bond acceptors (Lipinski definition) is 1. The molecule has 4 heteroatoms. The molecule has 1 N–H and O–H groups in total. The van der Waals surface area contributed by atoms with Gasteiger partial charge in [0.25, 0.3) is 0 Å². The Kier molecular flexibility index (Phi) is 3.65. The van der Waals surface area contributed by atoms with E-state index in [4.69, 9.17) is 23.2 Å². The van der Waals surface area contributed by atoms with Crippen LogP contribution in [0.5, 0.6) is 0 Å². The van der Waals surface area contributed by atoms with Crippen LogP contribution in [-0.2, 0) is 0 Å². The maximum Gasteiger partial charge on any atom is 0.126 e. The molecule has 0 aromatic heterocycles. The van der Waals surface area contributed by atoms with Gasteiger partial charge in [0.05, 0.1) is 15.7 Å². The third kappa shape index (κ3) is 2.45. The van der Waals surface area contributed by atoms with E-state index in [1.54, 1.807) is 0 Å². The highest BCUT2D eigenvalue weighted by atomic mass is 35.5. The van der Waals surface area contributed by atoms with Crippen LogP contribution in [0.3, 0.4) is 0 Å². The van der Waals surface area contributed by atoms with Crippen molar-refractivity contribution in [3.8, 4) is 0 Å². The molecule has 0 heterocycles. The van der Waals surface area contributed by atoms with Gasteiger partial charge in [-0.25, -0.2) is 4.39 Å². The molecule has 2 fully saturated rings. The van der Waals surface area contributed by atoms with Crippen molar-refractivity contribution in [2.45, 2.75) is 51.0 Å². The summed E-state index contributed by atoms with van der Waals surface area (Å²) in [6.07, 6.45) is 9.03. The largest absolute Gasteiger partial charge is 0.379 e. The Balaban J connectivity index is 1.79. The molecule has 3 rings (SSSR count). The minimum absolute atomic E-state index is 0.378. The molecule has 0 aliphatic heterocycles. The predicted octanol–water partition coefficient (Wildman–Crippen LogP) is 5.66. The molecule has 0 saturated heterocycles. The van der Waals surface area contributed by atoms with Crippen LogP contribution in [-0.4, -0.2) is 6.04 Å². The lowest BCUT2D eigenvalue weighted by Crippen LogP contribution is -2.50. The first kappa shape index (κ1) is 13.5. The SMILES string of the molecule is Fc1cc(Cl)c(NC2CCC23CCCCC3)c(Cl)c1. The lowest BCUT2D eigenvalue weighted by Gasteiger charge is -2.53. The van der Waals surface area contributed by atoms with Crippen LogP contribution in [0.4, 0.5) is 10.1 Å². The Morgan fingerprint density at radius 2 is 1.68 bits per heavy atom. The normalized spacial score (nSPS) is 25.1. The van der Waals surface area contributed by atoms with Crippen molar-refractivity contribution in [3.05, 3.63) is 28.0 Å². The van der Waals surface area contributed by atoms with E-state index in [2.05, 4.69) is 5.32 Å². The van der Waals surface area contributed by atoms with Crippen molar-refractivity contribution < 1.29 is 4.39 Å². The second-order valence-electron chi connectivity index (χ2n) is 5.90. The van der Waals surface area contributed by atoms with Gasteiger partial charge < -0.3 is 5.32 Å². The van der Waals surface area contributed by atoms with Gasteiger partial charge in [0, 0.05) is 6.04 Å². The van der Waals surface area contributed by atoms with Crippen LogP contribution in [0.15, 0.2) is 12.1 Å². The average molecular weight is 302 g/mol. The van der Waals surface area contributed by atoms with Crippen molar-refractivity contribution in [2.24, 2.45) is 5.41 Å². The van der Waals surface area contributed by atoms with Crippen LogP contribution in [0.25, 0.3) is 0 Å². The number of nitrogens with one attached hydrogen (secondary N) is 1. The molecular weight excluding hydrogens is 284 g/mol. The molecule has 2 aliphatic rings. The monoisotopic (exact) mass is 301 g/mol. The standard InChI is InChI=1S/C15H18Cl2FN/c16-11-8-10(18)9-12(17)14(11)19-13-4-7-15(13)5-2-1-3-6-15/h8-9,13,19H,1-7H2. The molecule has 1 aromatic rings. The van der Waals surface area contributed by atoms with Gasteiger partial charge in [-0.3, -0.25) is 0 Å². The first-order valence-electron chi connectivity index (χ1n) is 7.02. The molecule has 1 aromatic carbocycles. The Morgan fingerprint density at radius 3 is 2.21 bits per heavy atom. The summed E-state index contributed by atoms with van der Waals surface area (Å²) in [6.45, 7) is 0. The molecule has 1 atom stereocenters. The molecule has 0 amide bonds. The second kappa shape index (κ2) is 5.14. The summed E-state index contributed by atoms with van der Waals surface area (Å²) in [5, 5.41) is 4.23. The Morgan fingerprint density at radius 1 is 1.05 bits per heavy atom. The van der Waals surface area contributed by atoms with Gasteiger partial charge in [-0.2, -0.15) is 0 Å². The lowest BCUT2D eigenvalue weighted by molar-refractivity contribution is 0.0571. The average Bonchev–Trinajstić information content (AvgIpc) is 2.37. The number of hydrogen-bond donors (Lipinski definition) is 1. The Labute approximate surface area is 123 Å². The molecule has 19 heavy (non-hydrogen) atoms. The van der Waals surface area contributed by atoms with Crippen molar-refractivity contribution in [3.63, 3.8) is 0 Å². The molecule has 1 nitrogen and oxygen atoms in total. The van der Waals surface area contributed by atoms with Gasteiger partial charge in [0.1, 0.15) is 5.82 Å². The summed E-state index contributed by atoms with van der Waals surface area (Å²) >= 11 is 12.2.